The number of nitrogens with zero attached hydrogens (tertiary/aromatic N) is 2. The van der Waals surface area contributed by atoms with E-state index in [1.54, 1.807) is 0 Å². The van der Waals surface area contributed by atoms with Crippen LogP contribution in [0.5, 0.6) is 0 Å². The summed E-state index contributed by atoms with van der Waals surface area (Å²) in [6.45, 7) is 7.73. The quantitative estimate of drug-likeness (QED) is 0.532. The fourth-order valence-corrected chi connectivity index (χ4v) is 4.07. The summed E-state index contributed by atoms with van der Waals surface area (Å²) >= 11 is 0. The van der Waals surface area contributed by atoms with Crippen molar-refractivity contribution >= 4 is 23.4 Å². The lowest BCUT2D eigenvalue weighted by atomic mass is 9.67. The second kappa shape index (κ2) is 8.40. The number of esters is 1. The van der Waals surface area contributed by atoms with E-state index in [1.165, 1.54) is 33.7 Å². The molecule has 0 unspecified atom stereocenters. The van der Waals surface area contributed by atoms with E-state index in [1.807, 2.05) is 6.92 Å². The molecule has 0 fully saturated rings. The Hall–Kier alpha value is -2.62. The van der Waals surface area contributed by atoms with Crippen LogP contribution in [-0.2, 0) is 14.9 Å². The highest BCUT2D eigenvalue weighted by molar-refractivity contribution is 6.04. The minimum atomic E-state index is -0.115. The van der Waals surface area contributed by atoms with Crippen molar-refractivity contribution in [2.24, 2.45) is 0 Å². The zero-order valence-electron chi connectivity index (χ0n) is 18.6. The van der Waals surface area contributed by atoms with Crippen LogP contribution in [-0.4, -0.2) is 50.6 Å². The molecule has 0 aliphatic heterocycles. The summed E-state index contributed by atoms with van der Waals surface area (Å²) in [5, 5.41) is 0. The summed E-state index contributed by atoms with van der Waals surface area (Å²) in [4.78, 5) is 13.8. The second-order valence-corrected chi connectivity index (χ2v) is 8.54. The minimum absolute atomic E-state index is 0.0762. The Morgan fingerprint density at radius 1 is 1.17 bits per heavy atom. The Morgan fingerprint density at radius 2 is 1.93 bits per heavy atom. The zero-order chi connectivity index (χ0) is 21.2. The predicted octanol–water partition coefficient (Wildman–Crippen LogP) is 4.35. The molecule has 0 saturated heterocycles. The summed E-state index contributed by atoms with van der Waals surface area (Å²) in [5.41, 5.74) is 7.61. The van der Waals surface area contributed by atoms with Gasteiger partial charge in [-0.3, -0.25) is 4.79 Å². The maximum atomic E-state index is 11.6. The van der Waals surface area contributed by atoms with Crippen LogP contribution in [0.1, 0.15) is 44.7 Å². The molecule has 0 atom stereocenters. The van der Waals surface area contributed by atoms with Gasteiger partial charge in [0.25, 0.3) is 0 Å². The number of ether oxygens (including phenoxy) is 1. The first-order chi connectivity index (χ1) is 13.7. The molecule has 2 aliphatic carbocycles. The fourth-order valence-electron chi connectivity index (χ4n) is 4.07. The highest BCUT2D eigenvalue weighted by Gasteiger charge is 2.35. The molecule has 0 bridgehead atoms. The fraction of sp³-hybridized carbons (Fsp3) is 0.440. The normalized spacial score (nSPS) is 16.4. The van der Waals surface area contributed by atoms with Crippen molar-refractivity contribution in [1.29, 1.82) is 0 Å². The highest BCUT2D eigenvalue weighted by atomic mass is 16.5. The van der Waals surface area contributed by atoms with Gasteiger partial charge in [0.15, 0.2) is 5.71 Å². The van der Waals surface area contributed by atoms with E-state index in [-0.39, 0.29) is 11.4 Å². The topological polar surface area (TPSA) is 32.5 Å². The lowest BCUT2D eigenvalue weighted by molar-refractivity contribution is -0.462. The molecule has 2 aliphatic rings. The highest BCUT2D eigenvalue weighted by Crippen LogP contribution is 2.45. The van der Waals surface area contributed by atoms with Gasteiger partial charge < -0.3 is 9.64 Å². The van der Waals surface area contributed by atoms with Crippen molar-refractivity contribution in [3.63, 3.8) is 0 Å². The molecule has 0 amide bonds. The third-order valence-electron chi connectivity index (χ3n) is 5.87. The Labute approximate surface area is 174 Å². The maximum Gasteiger partial charge on any atom is 0.305 e. The summed E-state index contributed by atoms with van der Waals surface area (Å²) in [5.74, 6) is -0.115. The number of hydrogen-bond acceptors (Lipinski definition) is 3. The number of hydrogen-bond donors (Lipinski definition) is 0. The molecule has 3 rings (SSSR count). The van der Waals surface area contributed by atoms with Gasteiger partial charge in [0, 0.05) is 43.3 Å². The van der Waals surface area contributed by atoms with E-state index in [4.69, 9.17) is 4.74 Å². The maximum absolute atomic E-state index is 11.6. The van der Waals surface area contributed by atoms with E-state index >= 15 is 0 Å². The molecule has 0 heterocycles. The van der Waals surface area contributed by atoms with Gasteiger partial charge in [0.2, 0.25) is 0 Å². The summed E-state index contributed by atoms with van der Waals surface area (Å²) in [6.07, 6.45) is 10.3. The summed E-state index contributed by atoms with van der Waals surface area (Å²) in [6, 6.07) is 6.70. The van der Waals surface area contributed by atoms with Crippen LogP contribution >= 0.6 is 0 Å². The van der Waals surface area contributed by atoms with Crippen LogP contribution < -0.4 is 4.90 Å². The van der Waals surface area contributed by atoms with Crippen LogP contribution in [0.3, 0.4) is 0 Å². The Bertz CT molecular complexity index is 928. The molecule has 154 valence electrons. The van der Waals surface area contributed by atoms with Gasteiger partial charge in [-0.15, -0.1) is 0 Å². The van der Waals surface area contributed by atoms with Gasteiger partial charge in [-0.25, -0.2) is 4.58 Å². The molecule has 1 aromatic rings. The van der Waals surface area contributed by atoms with Crippen molar-refractivity contribution in [1.82, 2.24) is 0 Å². The van der Waals surface area contributed by atoms with E-state index in [0.717, 1.165) is 13.0 Å². The first-order valence-corrected chi connectivity index (χ1v) is 10.4. The number of benzene rings is 1. The molecule has 0 aromatic heterocycles. The Morgan fingerprint density at radius 3 is 2.62 bits per heavy atom. The van der Waals surface area contributed by atoms with Crippen LogP contribution in [0, 0.1) is 0 Å². The van der Waals surface area contributed by atoms with E-state index in [2.05, 4.69) is 87.0 Å². The summed E-state index contributed by atoms with van der Waals surface area (Å²) < 4.78 is 7.18. The lowest BCUT2D eigenvalue weighted by Crippen LogP contribution is -2.29. The molecule has 29 heavy (non-hydrogen) atoms. The Balaban J connectivity index is 1.85. The third-order valence-corrected chi connectivity index (χ3v) is 5.87. The van der Waals surface area contributed by atoms with Gasteiger partial charge >= 0.3 is 5.97 Å². The van der Waals surface area contributed by atoms with Crippen molar-refractivity contribution < 1.29 is 14.1 Å². The monoisotopic (exact) mass is 393 g/mol. The van der Waals surface area contributed by atoms with Crippen molar-refractivity contribution in [3.05, 3.63) is 58.7 Å². The predicted molar refractivity (Wildman–Crippen MR) is 121 cm³/mol. The first-order valence-electron chi connectivity index (χ1n) is 10.4. The average Bonchev–Trinajstić information content (AvgIpc) is 2.67. The number of fused-ring (bicyclic) bond motifs is 2. The molecular formula is C25H33N2O2+. The summed E-state index contributed by atoms with van der Waals surface area (Å²) in [7, 11) is 6.25. The van der Waals surface area contributed by atoms with E-state index < -0.39 is 0 Å². The molecular weight excluding hydrogens is 360 g/mol. The van der Waals surface area contributed by atoms with Gasteiger partial charge in [-0.2, -0.15) is 0 Å². The minimum Gasteiger partial charge on any atom is -0.466 e. The van der Waals surface area contributed by atoms with Gasteiger partial charge in [-0.05, 0) is 59.9 Å². The van der Waals surface area contributed by atoms with Gasteiger partial charge in [-0.1, -0.05) is 19.9 Å². The Kier molecular flexibility index (Phi) is 6.11. The van der Waals surface area contributed by atoms with Crippen LogP contribution in [0.2, 0.25) is 0 Å². The van der Waals surface area contributed by atoms with Gasteiger partial charge in [0.05, 0.1) is 6.61 Å². The van der Waals surface area contributed by atoms with Crippen LogP contribution in [0.15, 0.2) is 47.6 Å². The van der Waals surface area contributed by atoms with E-state index in [0.29, 0.717) is 13.0 Å². The number of anilines is 1. The second-order valence-electron chi connectivity index (χ2n) is 8.54. The van der Waals surface area contributed by atoms with Crippen molar-refractivity contribution in [3.8, 4) is 0 Å². The number of rotatable bonds is 6. The molecule has 0 N–H and O–H groups in total. The lowest BCUT2D eigenvalue weighted by Gasteiger charge is -2.36. The first kappa shape index (κ1) is 21.1. The molecule has 4 heteroatoms. The average molecular weight is 394 g/mol. The van der Waals surface area contributed by atoms with Gasteiger partial charge in [0.1, 0.15) is 14.1 Å². The van der Waals surface area contributed by atoms with Crippen molar-refractivity contribution in [2.75, 3.05) is 39.2 Å². The number of carbonyl (C=O) groups is 1. The molecule has 0 saturated carbocycles. The smallest absolute Gasteiger partial charge is 0.305 e. The van der Waals surface area contributed by atoms with Crippen LogP contribution in [0.4, 0.5) is 5.69 Å². The molecule has 0 spiro atoms. The molecule has 0 radical (unpaired) electrons. The van der Waals surface area contributed by atoms with Crippen LogP contribution in [0.25, 0.3) is 6.08 Å². The third kappa shape index (κ3) is 4.36. The largest absolute Gasteiger partial charge is 0.466 e. The number of allylic oxidation sites excluding steroid dienone is 5. The van der Waals surface area contributed by atoms with Crippen molar-refractivity contribution in [2.45, 2.75) is 39.0 Å². The van der Waals surface area contributed by atoms with E-state index in [9.17, 15) is 4.79 Å². The molecule has 1 aromatic carbocycles. The SMILES string of the molecule is CCOC(=O)CCCN(C)c1ccc2c(c1)C(C)(C)C1=CC(=[N+](C)C)C=CC1=C2. The molecule has 4 nitrogen and oxygen atoms in total. The number of carbonyl (C=O) groups excluding carboxylic acids is 1. The standard InChI is InChI=1S/C25H33N2O2/c1-7-29-24(28)9-8-14-27(6)21-13-11-19-15-18-10-12-20(26(4)5)16-22(18)25(2,3)23(19)17-21/h10-13,15-17H,7-9,14H2,1-6H3/q+1. The zero-order valence-corrected chi connectivity index (χ0v) is 18.6.